The zero-order valence-electron chi connectivity index (χ0n) is 11.3. The van der Waals surface area contributed by atoms with Gasteiger partial charge in [-0.1, -0.05) is 18.2 Å². The van der Waals surface area contributed by atoms with Gasteiger partial charge in [0.05, 0.1) is 5.56 Å². The van der Waals surface area contributed by atoms with Gasteiger partial charge in [0.2, 0.25) is 11.5 Å². The van der Waals surface area contributed by atoms with Crippen LogP contribution in [0.15, 0.2) is 35.1 Å². The zero-order chi connectivity index (χ0) is 14.8. The van der Waals surface area contributed by atoms with Gasteiger partial charge in [-0.15, -0.1) is 0 Å². The number of aromatic nitrogens is 1. The summed E-state index contributed by atoms with van der Waals surface area (Å²) in [5, 5.41) is 6.29. The fraction of sp³-hybridized carbons (Fsp3) is 0.267. The normalized spacial score (nSPS) is 18.3. The lowest BCUT2D eigenvalue weighted by Crippen LogP contribution is -2.47. The Hall–Kier alpha value is -2.63. The number of carbonyl (C=O) groups excluding carboxylic acids is 2. The minimum Gasteiger partial charge on any atom is -0.354 e. The van der Waals surface area contributed by atoms with Gasteiger partial charge in [0.15, 0.2) is 0 Å². The quantitative estimate of drug-likeness (QED) is 0.752. The molecule has 2 aromatic rings. The molecule has 108 valence electrons. The maximum Gasteiger partial charge on any atom is 0.252 e. The van der Waals surface area contributed by atoms with E-state index >= 15 is 0 Å². The van der Waals surface area contributed by atoms with Crippen molar-refractivity contribution in [2.24, 2.45) is 0 Å². The molecule has 1 aromatic heterocycles. The van der Waals surface area contributed by atoms with Gasteiger partial charge in [-0.05, 0) is 12.5 Å². The largest absolute Gasteiger partial charge is 0.354 e. The Balaban J connectivity index is 1.87. The van der Waals surface area contributed by atoms with Crippen LogP contribution in [0.25, 0.3) is 10.9 Å². The van der Waals surface area contributed by atoms with Crippen LogP contribution in [0, 0.1) is 0 Å². The molecule has 0 radical (unpaired) electrons. The van der Waals surface area contributed by atoms with Gasteiger partial charge in [0.25, 0.3) is 5.91 Å². The zero-order valence-corrected chi connectivity index (χ0v) is 11.3. The van der Waals surface area contributed by atoms with Crippen LogP contribution in [-0.2, 0) is 4.79 Å². The van der Waals surface area contributed by atoms with Crippen molar-refractivity contribution in [1.29, 1.82) is 0 Å². The summed E-state index contributed by atoms with van der Waals surface area (Å²) in [4.78, 5) is 37.9. The van der Waals surface area contributed by atoms with Gasteiger partial charge >= 0.3 is 0 Å². The predicted molar refractivity (Wildman–Crippen MR) is 78.1 cm³/mol. The molecule has 0 bridgehead atoms. The number of H-pyrrole nitrogens is 1. The van der Waals surface area contributed by atoms with Gasteiger partial charge in [0.1, 0.15) is 0 Å². The highest BCUT2D eigenvalue weighted by molar-refractivity contribution is 6.06. The Morgan fingerprint density at radius 3 is 2.81 bits per heavy atom. The number of piperidine rings is 1. The monoisotopic (exact) mass is 285 g/mol. The lowest BCUT2D eigenvalue weighted by atomic mass is 10.0. The van der Waals surface area contributed by atoms with Crippen molar-refractivity contribution in [3.63, 3.8) is 0 Å². The van der Waals surface area contributed by atoms with Crippen molar-refractivity contribution in [3.8, 4) is 0 Å². The average molecular weight is 285 g/mol. The van der Waals surface area contributed by atoms with Gasteiger partial charge < -0.3 is 15.6 Å². The first-order valence-corrected chi connectivity index (χ1v) is 6.83. The molecule has 1 aromatic carbocycles. The van der Waals surface area contributed by atoms with E-state index in [1.807, 2.05) is 6.07 Å². The second kappa shape index (κ2) is 5.40. The SMILES string of the molecule is O=C1CCC(NC(=O)c2cc(=O)[nH]c3ccccc23)CN1. The number of hydrogen-bond acceptors (Lipinski definition) is 3. The van der Waals surface area contributed by atoms with Crippen LogP contribution in [0.1, 0.15) is 23.2 Å². The van der Waals surface area contributed by atoms with Gasteiger partial charge in [0, 0.05) is 36.0 Å². The van der Waals surface area contributed by atoms with Crippen molar-refractivity contribution >= 4 is 22.7 Å². The number of benzene rings is 1. The summed E-state index contributed by atoms with van der Waals surface area (Å²) in [7, 11) is 0. The number of hydrogen-bond donors (Lipinski definition) is 3. The number of nitrogens with one attached hydrogen (secondary N) is 3. The first-order valence-electron chi connectivity index (χ1n) is 6.83. The van der Waals surface area contributed by atoms with E-state index in [4.69, 9.17) is 0 Å². The van der Waals surface area contributed by atoms with Crippen LogP contribution < -0.4 is 16.2 Å². The molecule has 3 N–H and O–H groups in total. The fourth-order valence-corrected chi connectivity index (χ4v) is 2.51. The molecule has 21 heavy (non-hydrogen) atoms. The summed E-state index contributed by atoms with van der Waals surface area (Å²) in [6.45, 7) is 0.422. The molecular weight excluding hydrogens is 270 g/mol. The van der Waals surface area contributed by atoms with Gasteiger partial charge in [-0.2, -0.15) is 0 Å². The second-order valence-corrected chi connectivity index (χ2v) is 5.11. The third kappa shape index (κ3) is 2.79. The van der Waals surface area contributed by atoms with Crippen LogP contribution in [-0.4, -0.2) is 29.4 Å². The number of carbonyl (C=O) groups is 2. The van der Waals surface area contributed by atoms with Crippen LogP contribution in [0.3, 0.4) is 0 Å². The first-order chi connectivity index (χ1) is 10.1. The van der Waals surface area contributed by atoms with Crippen LogP contribution in [0.2, 0.25) is 0 Å². The van der Waals surface area contributed by atoms with Crippen molar-refractivity contribution in [3.05, 3.63) is 46.2 Å². The molecular formula is C15H15N3O3. The van der Waals surface area contributed by atoms with Gasteiger partial charge in [-0.25, -0.2) is 0 Å². The van der Waals surface area contributed by atoms with Crippen molar-refractivity contribution in [1.82, 2.24) is 15.6 Å². The molecule has 0 saturated carbocycles. The molecule has 0 spiro atoms. The number of amides is 2. The summed E-state index contributed by atoms with van der Waals surface area (Å²) < 4.78 is 0. The highest BCUT2D eigenvalue weighted by Gasteiger charge is 2.21. The molecule has 1 unspecified atom stereocenters. The molecule has 0 aliphatic carbocycles. The molecule has 1 atom stereocenters. The van der Waals surface area contributed by atoms with E-state index in [0.29, 0.717) is 35.9 Å². The molecule has 2 heterocycles. The molecule has 1 aliphatic heterocycles. The number of para-hydroxylation sites is 1. The topological polar surface area (TPSA) is 91.1 Å². The van der Waals surface area contributed by atoms with E-state index in [0.717, 1.165) is 0 Å². The van der Waals surface area contributed by atoms with E-state index in [1.54, 1.807) is 18.2 Å². The Labute approximate surface area is 120 Å². The Kier molecular flexibility index (Phi) is 3.43. The standard InChI is InChI=1S/C15H15N3O3/c19-13-6-5-9(8-16-13)17-15(21)11-7-14(20)18-12-4-2-1-3-10(11)12/h1-4,7,9H,5-6,8H2,(H,16,19)(H,17,21)(H,18,20). The van der Waals surface area contributed by atoms with E-state index in [1.165, 1.54) is 6.07 Å². The molecule has 2 amide bonds. The Morgan fingerprint density at radius 1 is 1.24 bits per heavy atom. The predicted octanol–water partition coefficient (Wildman–Crippen LogP) is 0.536. The molecule has 1 fully saturated rings. The second-order valence-electron chi connectivity index (χ2n) is 5.11. The minimum atomic E-state index is -0.309. The Morgan fingerprint density at radius 2 is 2.05 bits per heavy atom. The highest BCUT2D eigenvalue weighted by Crippen LogP contribution is 2.15. The molecule has 6 nitrogen and oxygen atoms in total. The summed E-state index contributed by atoms with van der Waals surface area (Å²) in [6.07, 6.45) is 1.01. The maximum absolute atomic E-state index is 12.4. The smallest absolute Gasteiger partial charge is 0.252 e. The lowest BCUT2D eigenvalue weighted by Gasteiger charge is -2.23. The van der Waals surface area contributed by atoms with Crippen LogP contribution in [0.4, 0.5) is 0 Å². The van der Waals surface area contributed by atoms with Crippen LogP contribution in [0.5, 0.6) is 0 Å². The first kappa shape index (κ1) is 13.4. The summed E-state index contributed by atoms with van der Waals surface area (Å²) in [5.41, 5.74) is 0.675. The fourth-order valence-electron chi connectivity index (χ4n) is 2.51. The number of fused-ring (bicyclic) bond motifs is 1. The van der Waals surface area contributed by atoms with Crippen molar-refractivity contribution in [2.45, 2.75) is 18.9 Å². The van der Waals surface area contributed by atoms with Crippen LogP contribution >= 0.6 is 0 Å². The summed E-state index contributed by atoms with van der Waals surface area (Å²) in [5.74, 6) is -0.291. The number of aromatic amines is 1. The van der Waals surface area contributed by atoms with E-state index in [-0.39, 0.29) is 23.4 Å². The molecule has 1 saturated heterocycles. The molecule has 6 heteroatoms. The van der Waals surface area contributed by atoms with E-state index < -0.39 is 0 Å². The lowest BCUT2D eigenvalue weighted by molar-refractivity contribution is -0.122. The highest BCUT2D eigenvalue weighted by atomic mass is 16.2. The molecule has 1 aliphatic rings. The van der Waals surface area contributed by atoms with Crippen molar-refractivity contribution < 1.29 is 9.59 Å². The third-order valence-electron chi connectivity index (χ3n) is 3.60. The van der Waals surface area contributed by atoms with Gasteiger partial charge in [-0.3, -0.25) is 14.4 Å². The Bertz CT molecular complexity index is 756. The number of rotatable bonds is 2. The molecule has 3 rings (SSSR count). The minimum absolute atomic E-state index is 0.00195. The maximum atomic E-state index is 12.4. The average Bonchev–Trinajstić information content (AvgIpc) is 2.48. The summed E-state index contributed by atoms with van der Waals surface area (Å²) >= 11 is 0. The number of pyridine rings is 1. The third-order valence-corrected chi connectivity index (χ3v) is 3.60. The van der Waals surface area contributed by atoms with E-state index in [9.17, 15) is 14.4 Å². The van der Waals surface area contributed by atoms with E-state index in [2.05, 4.69) is 15.6 Å². The summed E-state index contributed by atoms with van der Waals surface area (Å²) in [6, 6.07) is 8.37. The van der Waals surface area contributed by atoms with Crippen molar-refractivity contribution in [2.75, 3.05) is 6.54 Å².